The molecule has 1 heterocycles. The Labute approximate surface area is 175 Å². The average molecular weight is 415 g/mol. The topological polar surface area (TPSA) is 81.7 Å². The standard InChI is InChI=1S/C23H26FNO5/c1-5-29-22(27)17-12(3)10-16-20(21(17)26)19(14-8-7-9-15(24)11-14)18(13(4)25-16)23(28)30-6-2/h7-9,11-12,17,19,25H,5-6,10H2,1-4H3/t12-,17-,19-/m1/s1. The summed E-state index contributed by atoms with van der Waals surface area (Å²) in [6.45, 7) is 7.25. The highest BCUT2D eigenvalue weighted by molar-refractivity contribution is 6.12. The Hall–Kier alpha value is -2.96. The van der Waals surface area contributed by atoms with Gasteiger partial charge in [0.2, 0.25) is 0 Å². The molecule has 0 unspecified atom stereocenters. The molecule has 1 aromatic rings. The van der Waals surface area contributed by atoms with Gasteiger partial charge in [-0.15, -0.1) is 0 Å². The van der Waals surface area contributed by atoms with Crippen LogP contribution in [0.1, 0.15) is 45.6 Å². The second kappa shape index (κ2) is 8.81. The minimum absolute atomic E-state index is 0.161. The van der Waals surface area contributed by atoms with E-state index in [0.29, 0.717) is 29.0 Å². The molecule has 0 amide bonds. The Morgan fingerprint density at radius 1 is 1.20 bits per heavy atom. The van der Waals surface area contributed by atoms with Gasteiger partial charge in [-0.05, 0) is 50.8 Å². The number of Topliss-reactive ketones (excluding diaryl/α,β-unsaturated/α-hetero) is 1. The van der Waals surface area contributed by atoms with Crippen LogP contribution in [0.15, 0.2) is 46.8 Å². The lowest BCUT2D eigenvalue weighted by Gasteiger charge is -2.38. The zero-order valence-corrected chi connectivity index (χ0v) is 17.6. The number of ether oxygens (including phenoxy) is 2. The number of hydrogen-bond acceptors (Lipinski definition) is 6. The Morgan fingerprint density at radius 2 is 1.90 bits per heavy atom. The van der Waals surface area contributed by atoms with Gasteiger partial charge in [0, 0.05) is 22.9 Å². The van der Waals surface area contributed by atoms with Crippen molar-refractivity contribution in [2.75, 3.05) is 13.2 Å². The van der Waals surface area contributed by atoms with Crippen molar-refractivity contribution in [2.24, 2.45) is 11.8 Å². The molecule has 6 nitrogen and oxygen atoms in total. The quantitative estimate of drug-likeness (QED) is 0.586. The second-order valence-corrected chi connectivity index (χ2v) is 7.54. The van der Waals surface area contributed by atoms with Crippen LogP contribution in [0.25, 0.3) is 0 Å². The van der Waals surface area contributed by atoms with Crippen molar-refractivity contribution >= 4 is 17.7 Å². The molecule has 3 rings (SSSR count). The average Bonchev–Trinajstić information content (AvgIpc) is 2.67. The van der Waals surface area contributed by atoms with Crippen LogP contribution in [0.4, 0.5) is 4.39 Å². The van der Waals surface area contributed by atoms with Crippen molar-refractivity contribution in [1.29, 1.82) is 0 Å². The molecular weight excluding hydrogens is 389 g/mol. The first-order valence-corrected chi connectivity index (χ1v) is 10.1. The number of dihydropyridines is 1. The number of carbonyl (C=O) groups is 3. The van der Waals surface area contributed by atoms with E-state index in [-0.39, 0.29) is 24.7 Å². The van der Waals surface area contributed by atoms with Gasteiger partial charge in [0.15, 0.2) is 5.78 Å². The van der Waals surface area contributed by atoms with Crippen molar-refractivity contribution in [3.05, 3.63) is 58.2 Å². The fourth-order valence-electron chi connectivity index (χ4n) is 4.28. The Morgan fingerprint density at radius 3 is 2.53 bits per heavy atom. The highest BCUT2D eigenvalue weighted by Gasteiger charge is 2.47. The van der Waals surface area contributed by atoms with Gasteiger partial charge in [0.05, 0.1) is 18.8 Å². The maximum atomic E-state index is 14.1. The summed E-state index contributed by atoms with van der Waals surface area (Å²) < 4.78 is 24.4. The van der Waals surface area contributed by atoms with Gasteiger partial charge in [-0.3, -0.25) is 9.59 Å². The van der Waals surface area contributed by atoms with Crippen LogP contribution in [-0.4, -0.2) is 30.9 Å². The fourth-order valence-corrected chi connectivity index (χ4v) is 4.28. The molecule has 160 valence electrons. The van der Waals surface area contributed by atoms with E-state index < -0.39 is 35.4 Å². The first-order valence-electron chi connectivity index (χ1n) is 10.1. The van der Waals surface area contributed by atoms with E-state index in [1.165, 1.54) is 18.2 Å². The molecule has 1 aromatic carbocycles. The summed E-state index contributed by atoms with van der Waals surface area (Å²) in [5.41, 5.74) is 2.19. The molecule has 7 heteroatoms. The Balaban J connectivity index is 2.17. The molecule has 30 heavy (non-hydrogen) atoms. The van der Waals surface area contributed by atoms with Crippen LogP contribution in [-0.2, 0) is 23.9 Å². The molecule has 0 bridgehead atoms. The van der Waals surface area contributed by atoms with Crippen molar-refractivity contribution in [2.45, 2.75) is 40.0 Å². The number of benzene rings is 1. The minimum atomic E-state index is -0.969. The van der Waals surface area contributed by atoms with Crippen molar-refractivity contribution in [1.82, 2.24) is 5.32 Å². The fraction of sp³-hybridized carbons (Fsp3) is 0.435. The number of esters is 2. The molecular formula is C23H26FNO5. The molecule has 2 aliphatic rings. The van der Waals surface area contributed by atoms with E-state index in [9.17, 15) is 18.8 Å². The summed E-state index contributed by atoms with van der Waals surface area (Å²) >= 11 is 0. The summed E-state index contributed by atoms with van der Waals surface area (Å²) in [6.07, 6.45) is 0.434. The molecule has 1 aliphatic carbocycles. The molecule has 0 saturated heterocycles. The number of carbonyl (C=O) groups excluding carboxylic acids is 3. The number of rotatable bonds is 5. The van der Waals surface area contributed by atoms with E-state index in [1.54, 1.807) is 26.8 Å². The van der Waals surface area contributed by atoms with Gasteiger partial charge in [-0.1, -0.05) is 19.1 Å². The predicted molar refractivity (Wildman–Crippen MR) is 108 cm³/mol. The molecule has 0 aromatic heterocycles. The maximum absolute atomic E-state index is 14.1. The number of halogens is 1. The van der Waals surface area contributed by atoms with Gasteiger partial charge in [0.1, 0.15) is 11.7 Å². The lowest BCUT2D eigenvalue weighted by atomic mass is 9.69. The molecule has 3 atom stereocenters. The SMILES string of the molecule is CCOC(=O)C1=C(C)NC2=C(C(=O)[C@H](C(=O)OCC)[C@H](C)C2)[C@@H]1c1cccc(F)c1. The Kier molecular flexibility index (Phi) is 6.39. The van der Waals surface area contributed by atoms with Crippen molar-refractivity contribution in [3.8, 4) is 0 Å². The zero-order chi connectivity index (χ0) is 22.0. The van der Waals surface area contributed by atoms with E-state index in [0.717, 1.165) is 0 Å². The van der Waals surface area contributed by atoms with Crippen LogP contribution >= 0.6 is 0 Å². The third-order valence-electron chi connectivity index (χ3n) is 5.51. The first kappa shape index (κ1) is 21.7. The van der Waals surface area contributed by atoms with Gasteiger partial charge in [-0.2, -0.15) is 0 Å². The maximum Gasteiger partial charge on any atom is 0.336 e. The number of ketones is 1. The summed E-state index contributed by atoms with van der Waals surface area (Å²) in [5.74, 6) is -4.11. The van der Waals surface area contributed by atoms with Crippen LogP contribution < -0.4 is 5.32 Å². The minimum Gasteiger partial charge on any atom is -0.465 e. The first-order chi connectivity index (χ1) is 14.3. The third-order valence-corrected chi connectivity index (χ3v) is 5.51. The second-order valence-electron chi connectivity index (χ2n) is 7.54. The van der Waals surface area contributed by atoms with Gasteiger partial charge < -0.3 is 14.8 Å². The number of allylic oxidation sites excluding steroid dienone is 3. The summed E-state index contributed by atoms with van der Waals surface area (Å²) in [5, 5.41) is 3.17. The molecule has 0 spiro atoms. The van der Waals surface area contributed by atoms with E-state index in [4.69, 9.17) is 9.47 Å². The van der Waals surface area contributed by atoms with Crippen LogP contribution in [0.2, 0.25) is 0 Å². The molecule has 1 N–H and O–H groups in total. The highest BCUT2D eigenvalue weighted by Crippen LogP contribution is 2.45. The summed E-state index contributed by atoms with van der Waals surface area (Å²) in [4.78, 5) is 38.8. The van der Waals surface area contributed by atoms with E-state index in [1.807, 2.05) is 6.92 Å². The van der Waals surface area contributed by atoms with E-state index in [2.05, 4.69) is 5.32 Å². The van der Waals surface area contributed by atoms with Gasteiger partial charge >= 0.3 is 11.9 Å². The smallest absolute Gasteiger partial charge is 0.336 e. The highest BCUT2D eigenvalue weighted by atomic mass is 19.1. The lowest BCUT2D eigenvalue weighted by Crippen LogP contribution is -2.43. The van der Waals surface area contributed by atoms with Crippen LogP contribution in [0.5, 0.6) is 0 Å². The molecule has 1 aliphatic heterocycles. The van der Waals surface area contributed by atoms with Gasteiger partial charge in [-0.25, -0.2) is 9.18 Å². The van der Waals surface area contributed by atoms with Crippen LogP contribution in [0, 0.1) is 17.7 Å². The van der Waals surface area contributed by atoms with Gasteiger partial charge in [0.25, 0.3) is 0 Å². The molecule has 0 saturated carbocycles. The van der Waals surface area contributed by atoms with E-state index >= 15 is 0 Å². The summed E-state index contributed by atoms with van der Waals surface area (Å²) in [7, 11) is 0. The predicted octanol–water partition coefficient (Wildman–Crippen LogP) is 3.39. The third kappa shape index (κ3) is 3.88. The van der Waals surface area contributed by atoms with Crippen LogP contribution in [0.3, 0.4) is 0 Å². The monoisotopic (exact) mass is 415 g/mol. The number of hydrogen-bond donors (Lipinski definition) is 1. The molecule has 0 radical (unpaired) electrons. The Bertz CT molecular complexity index is 949. The largest absolute Gasteiger partial charge is 0.465 e. The lowest BCUT2D eigenvalue weighted by molar-refractivity contribution is -0.153. The normalized spacial score (nSPS) is 23.6. The van der Waals surface area contributed by atoms with Crippen molar-refractivity contribution < 1.29 is 28.2 Å². The number of nitrogens with one attached hydrogen (secondary N) is 1. The van der Waals surface area contributed by atoms with Crippen molar-refractivity contribution in [3.63, 3.8) is 0 Å². The summed E-state index contributed by atoms with van der Waals surface area (Å²) in [6, 6.07) is 5.80. The molecule has 0 fully saturated rings. The zero-order valence-electron chi connectivity index (χ0n) is 17.6.